The molecule has 4 nitrogen and oxygen atoms in total. The Bertz CT molecular complexity index is 446. The molecule has 0 atom stereocenters. The van der Waals surface area contributed by atoms with Crippen molar-refractivity contribution in [1.29, 1.82) is 0 Å². The summed E-state index contributed by atoms with van der Waals surface area (Å²) in [7, 11) is 0. The lowest BCUT2D eigenvalue weighted by atomic mass is 10.3. The molecule has 1 aliphatic heterocycles. The first kappa shape index (κ1) is 6.65. The molecular formula is C9H8N4. The van der Waals surface area contributed by atoms with E-state index in [1.54, 1.807) is 12.5 Å². The summed E-state index contributed by atoms with van der Waals surface area (Å²) in [5.74, 6) is 0.932. The highest BCUT2D eigenvalue weighted by molar-refractivity contribution is 5.59. The van der Waals surface area contributed by atoms with E-state index in [2.05, 4.69) is 15.3 Å². The molecule has 0 radical (unpaired) electrons. The predicted molar refractivity (Wildman–Crippen MR) is 48.7 cm³/mol. The van der Waals surface area contributed by atoms with Crippen molar-refractivity contribution in [2.45, 2.75) is 6.54 Å². The SMILES string of the molecule is c1cnc2c(c1)NCc1cncn1-2. The Kier molecular flexibility index (Phi) is 1.19. The van der Waals surface area contributed by atoms with Crippen molar-refractivity contribution < 1.29 is 0 Å². The second-order valence-corrected chi connectivity index (χ2v) is 2.98. The summed E-state index contributed by atoms with van der Waals surface area (Å²) in [5.41, 5.74) is 2.21. The Balaban J connectivity index is 2.30. The van der Waals surface area contributed by atoms with Crippen molar-refractivity contribution in [3.8, 4) is 5.82 Å². The van der Waals surface area contributed by atoms with Crippen molar-refractivity contribution in [3.05, 3.63) is 36.5 Å². The minimum atomic E-state index is 0.818. The summed E-state index contributed by atoms with van der Waals surface area (Å²) in [5, 5.41) is 3.28. The summed E-state index contributed by atoms with van der Waals surface area (Å²) in [4.78, 5) is 8.38. The molecule has 0 unspecified atom stereocenters. The maximum atomic E-state index is 4.29. The fourth-order valence-corrected chi connectivity index (χ4v) is 1.56. The van der Waals surface area contributed by atoms with Gasteiger partial charge < -0.3 is 5.32 Å². The van der Waals surface area contributed by atoms with Crippen molar-refractivity contribution in [1.82, 2.24) is 14.5 Å². The Hall–Kier alpha value is -1.84. The van der Waals surface area contributed by atoms with E-state index in [0.29, 0.717) is 0 Å². The van der Waals surface area contributed by atoms with E-state index in [0.717, 1.165) is 23.7 Å². The van der Waals surface area contributed by atoms with Gasteiger partial charge in [0.25, 0.3) is 0 Å². The van der Waals surface area contributed by atoms with Gasteiger partial charge in [0.05, 0.1) is 24.1 Å². The monoisotopic (exact) mass is 172 g/mol. The predicted octanol–water partition coefficient (Wildman–Crippen LogP) is 1.19. The number of aromatic nitrogens is 3. The second-order valence-electron chi connectivity index (χ2n) is 2.98. The van der Waals surface area contributed by atoms with Gasteiger partial charge in [0.2, 0.25) is 0 Å². The van der Waals surface area contributed by atoms with E-state index >= 15 is 0 Å². The van der Waals surface area contributed by atoms with E-state index in [4.69, 9.17) is 0 Å². The highest BCUT2D eigenvalue weighted by Crippen LogP contribution is 2.23. The quantitative estimate of drug-likeness (QED) is 0.649. The normalized spacial score (nSPS) is 12.9. The molecule has 1 N–H and O–H groups in total. The highest BCUT2D eigenvalue weighted by atomic mass is 15.2. The molecule has 3 heterocycles. The van der Waals surface area contributed by atoms with Crippen LogP contribution in [0.5, 0.6) is 0 Å². The zero-order valence-corrected chi connectivity index (χ0v) is 6.94. The van der Waals surface area contributed by atoms with Gasteiger partial charge in [-0.05, 0) is 12.1 Å². The van der Waals surface area contributed by atoms with E-state index in [9.17, 15) is 0 Å². The van der Waals surface area contributed by atoms with Crippen molar-refractivity contribution in [2.75, 3.05) is 5.32 Å². The van der Waals surface area contributed by atoms with Crippen molar-refractivity contribution >= 4 is 5.69 Å². The standard InChI is InChI=1S/C9H8N4/c1-2-8-9(11-3-1)13-6-10-4-7(13)5-12-8/h1-4,6,12H,5H2. The van der Waals surface area contributed by atoms with Crippen LogP contribution in [0.15, 0.2) is 30.9 Å². The lowest BCUT2D eigenvalue weighted by molar-refractivity contribution is 0.872. The molecule has 2 aromatic heterocycles. The number of imidazole rings is 1. The van der Waals surface area contributed by atoms with Gasteiger partial charge in [0, 0.05) is 6.20 Å². The summed E-state index contributed by atoms with van der Waals surface area (Å²) in [6, 6.07) is 3.94. The van der Waals surface area contributed by atoms with E-state index in [-0.39, 0.29) is 0 Å². The molecule has 0 saturated heterocycles. The number of nitrogens with one attached hydrogen (secondary N) is 1. The average molecular weight is 172 g/mol. The van der Waals surface area contributed by atoms with Gasteiger partial charge in [-0.25, -0.2) is 9.97 Å². The Morgan fingerprint density at radius 3 is 3.46 bits per heavy atom. The summed E-state index contributed by atoms with van der Waals surface area (Å²) < 4.78 is 2.01. The molecule has 4 heteroatoms. The van der Waals surface area contributed by atoms with Crippen LogP contribution in [0.2, 0.25) is 0 Å². The minimum Gasteiger partial charge on any atom is -0.376 e. The van der Waals surface area contributed by atoms with Crippen molar-refractivity contribution in [2.24, 2.45) is 0 Å². The maximum Gasteiger partial charge on any atom is 0.161 e. The van der Waals surface area contributed by atoms with Crippen LogP contribution in [-0.4, -0.2) is 14.5 Å². The molecule has 0 aromatic carbocycles. The molecule has 0 aliphatic carbocycles. The number of rotatable bonds is 0. The van der Waals surface area contributed by atoms with Crippen LogP contribution in [0.25, 0.3) is 5.82 Å². The van der Waals surface area contributed by atoms with Crippen LogP contribution in [0.4, 0.5) is 5.69 Å². The second kappa shape index (κ2) is 2.32. The van der Waals surface area contributed by atoms with Crippen LogP contribution in [0.1, 0.15) is 5.69 Å². The van der Waals surface area contributed by atoms with E-state index in [1.165, 1.54) is 0 Å². The fourth-order valence-electron chi connectivity index (χ4n) is 1.56. The molecule has 0 spiro atoms. The van der Waals surface area contributed by atoms with E-state index in [1.807, 2.05) is 22.9 Å². The zero-order valence-electron chi connectivity index (χ0n) is 6.94. The molecule has 0 amide bonds. The Morgan fingerprint density at radius 2 is 2.46 bits per heavy atom. The van der Waals surface area contributed by atoms with E-state index < -0.39 is 0 Å². The lowest BCUT2D eigenvalue weighted by Gasteiger charge is -2.18. The third-order valence-electron chi connectivity index (χ3n) is 2.19. The molecule has 0 fully saturated rings. The first-order chi connectivity index (χ1) is 6.45. The fraction of sp³-hybridized carbons (Fsp3) is 0.111. The molecular weight excluding hydrogens is 164 g/mol. The molecule has 1 aliphatic rings. The highest BCUT2D eigenvalue weighted by Gasteiger charge is 2.14. The minimum absolute atomic E-state index is 0.818. The number of nitrogens with zero attached hydrogens (tertiary/aromatic N) is 3. The van der Waals surface area contributed by atoms with Gasteiger partial charge in [0.15, 0.2) is 5.82 Å². The maximum absolute atomic E-state index is 4.29. The number of hydrogen-bond acceptors (Lipinski definition) is 3. The van der Waals surface area contributed by atoms with Crippen LogP contribution in [0.3, 0.4) is 0 Å². The number of pyridine rings is 1. The van der Waals surface area contributed by atoms with Gasteiger partial charge >= 0.3 is 0 Å². The van der Waals surface area contributed by atoms with Crippen LogP contribution in [-0.2, 0) is 6.54 Å². The third-order valence-corrected chi connectivity index (χ3v) is 2.19. The summed E-state index contributed by atoms with van der Waals surface area (Å²) in [6.45, 7) is 0.818. The first-order valence-electron chi connectivity index (χ1n) is 4.15. The molecule has 0 saturated carbocycles. The lowest BCUT2D eigenvalue weighted by Crippen LogP contribution is -2.15. The smallest absolute Gasteiger partial charge is 0.161 e. The van der Waals surface area contributed by atoms with Gasteiger partial charge in [-0.2, -0.15) is 0 Å². The molecule has 0 bridgehead atoms. The third kappa shape index (κ3) is 0.853. The molecule has 2 aromatic rings. The number of hydrogen-bond donors (Lipinski definition) is 1. The largest absolute Gasteiger partial charge is 0.376 e. The van der Waals surface area contributed by atoms with Gasteiger partial charge in [-0.3, -0.25) is 4.57 Å². The van der Waals surface area contributed by atoms with Crippen LogP contribution >= 0.6 is 0 Å². The molecule has 3 rings (SSSR count). The topological polar surface area (TPSA) is 42.7 Å². The van der Waals surface area contributed by atoms with Gasteiger partial charge in [-0.1, -0.05) is 0 Å². The van der Waals surface area contributed by atoms with Crippen LogP contribution < -0.4 is 5.32 Å². The van der Waals surface area contributed by atoms with Crippen molar-refractivity contribution in [3.63, 3.8) is 0 Å². The van der Waals surface area contributed by atoms with Crippen LogP contribution in [0, 0.1) is 0 Å². The summed E-state index contributed by atoms with van der Waals surface area (Å²) in [6.07, 6.45) is 5.43. The van der Waals surface area contributed by atoms with Gasteiger partial charge in [-0.15, -0.1) is 0 Å². The summed E-state index contributed by atoms with van der Waals surface area (Å²) >= 11 is 0. The Morgan fingerprint density at radius 1 is 1.46 bits per heavy atom. The Labute approximate surface area is 75.3 Å². The number of fused-ring (bicyclic) bond motifs is 3. The molecule has 64 valence electrons. The average Bonchev–Trinajstić information content (AvgIpc) is 2.65. The first-order valence-corrected chi connectivity index (χ1v) is 4.15. The number of anilines is 1. The van der Waals surface area contributed by atoms with Gasteiger partial charge in [0.1, 0.15) is 6.33 Å². The molecule has 13 heavy (non-hydrogen) atoms. The zero-order chi connectivity index (χ0) is 8.67.